The van der Waals surface area contributed by atoms with Crippen molar-refractivity contribution in [3.05, 3.63) is 51.6 Å². The number of allylic oxidation sites excluding steroid dienone is 4. The minimum Gasteiger partial charge on any atom is -0.0839 e. The van der Waals surface area contributed by atoms with Crippen LogP contribution in [0.15, 0.2) is 23.8 Å². The maximum atomic E-state index is 2.49. The van der Waals surface area contributed by atoms with Crippen molar-refractivity contribution in [3.63, 3.8) is 0 Å². The molecule has 1 saturated carbocycles. The van der Waals surface area contributed by atoms with Crippen molar-refractivity contribution in [1.82, 2.24) is 0 Å². The molecule has 3 rings (SSSR count). The fourth-order valence-corrected chi connectivity index (χ4v) is 8.57. The molecule has 26 heavy (non-hydrogen) atoms. The summed E-state index contributed by atoms with van der Waals surface area (Å²) >= 11 is 0. The molecular formula is C25H38Si. The zero-order chi connectivity index (χ0) is 18.8. The van der Waals surface area contributed by atoms with E-state index in [2.05, 4.69) is 59.8 Å². The molecule has 0 nitrogen and oxygen atoms in total. The third-order valence-corrected chi connectivity index (χ3v) is 10.5. The largest absolute Gasteiger partial charge is 0.0839 e. The molecule has 0 saturated heterocycles. The molecule has 0 bridgehead atoms. The summed E-state index contributed by atoms with van der Waals surface area (Å²) in [7, 11) is -0.256. The summed E-state index contributed by atoms with van der Waals surface area (Å²) in [6.45, 7) is 14.1. The van der Waals surface area contributed by atoms with Gasteiger partial charge in [0.2, 0.25) is 0 Å². The van der Waals surface area contributed by atoms with Crippen molar-refractivity contribution in [2.75, 3.05) is 0 Å². The maximum Gasteiger partial charge on any atom is 0.0591 e. The Morgan fingerprint density at radius 1 is 0.923 bits per heavy atom. The SMILES string of the molecule is CCCCCC1C2=CC=CCC2CC1[SiH2]c1c(C)c(C)c(C)c(C)c1C. The highest BCUT2D eigenvalue weighted by Crippen LogP contribution is 2.49. The molecule has 1 fully saturated rings. The Kier molecular flexibility index (Phi) is 6.28. The number of fused-ring (bicyclic) bond motifs is 1. The quantitative estimate of drug-likeness (QED) is 0.433. The zero-order valence-corrected chi connectivity index (χ0v) is 19.3. The summed E-state index contributed by atoms with van der Waals surface area (Å²) < 4.78 is 0. The normalized spacial score (nSPS) is 25.2. The number of hydrogen-bond acceptors (Lipinski definition) is 0. The van der Waals surface area contributed by atoms with E-state index >= 15 is 0 Å². The molecule has 2 aliphatic carbocycles. The lowest BCUT2D eigenvalue weighted by Gasteiger charge is -2.25. The Balaban J connectivity index is 1.88. The first-order chi connectivity index (χ1) is 12.5. The number of rotatable bonds is 6. The second-order valence-corrected chi connectivity index (χ2v) is 11.1. The highest BCUT2D eigenvalue weighted by molar-refractivity contribution is 6.56. The monoisotopic (exact) mass is 366 g/mol. The number of hydrogen-bond donors (Lipinski definition) is 0. The van der Waals surface area contributed by atoms with Gasteiger partial charge in [0.25, 0.3) is 0 Å². The lowest BCUT2D eigenvalue weighted by atomic mass is 9.88. The van der Waals surface area contributed by atoms with E-state index in [-0.39, 0.29) is 9.52 Å². The molecule has 0 heterocycles. The van der Waals surface area contributed by atoms with E-state index in [0.717, 1.165) is 17.4 Å². The molecule has 0 radical (unpaired) electrons. The van der Waals surface area contributed by atoms with Gasteiger partial charge in [-0.25, -0.2) is 0 Å². The topological polar surface area (TPSA) is 0 Å². The second-order valence-electron chi connectivity index (χ2n) is 8.93. The van der Waals surface area contributed by atoms with Crippen molar-refractivity contribution >= 4 is 14.7 Å². The summed E-state index contributed by atoms with van der Waals surface area (Å²) in [5.41, 5.74) is 10.6. The van der Waals surface area contributed by atoms with Crippen LogP contribution >= 0.6 is 0 Å². The molecule has 0 N–H and O–H groups in total. The smallest absolute Gasteiger partial charge is 0.0591 e. The fraction of sp³-hybridized carbons (Fsp3) is 0.600. The summed E-state index contributed by atoms with van der Waals surface area (Å²) in [4.78, 5) is 0. The molecule has 3 unspecified atom stereocenters. The van der Waals surface area contributed by atoms with E-state index in [0.29, 0.717) is 0 Å². The highest BCUT2D eigenvalue weighted by Gasteiger charge is 2.38. The maximum absolute atomic E-state index is 2.49. The molecule has 2 aliphatic rings. The van der Waals surface area contributed by atoms with E-state index in [4.69, 9.17) is 0 Å². The van der Waals surface area contributed by atoms with E-state index in [1.54, 1.807) is 27.4 Å². The number of unbranched alkanes of at least 4 members (excludes halogenated alkanes) is 2. The second kappa shape index (κ2) is 8.29. The molecule has 1 heteroatoms. The van der Waals surface area contributed by atoms with E-state index in [9.17, 15) is 0 Å². The van der Waals surface area contributed by atoms with Crippen LogP contribution in [0.1, 0.15) is 73.3 Å². The first-order valence-corrected chi connectivity index (χ1v) is 12.4. The van der Waals surface area contributed by atoms with Crippen LogP contribution in [0.3, 0.4) is 0 Å². The standard InChI is InChI=1S/C25H38Si/c1-7-8-9-14-23-22-13-11-10-12-21(22)15-24(23)26-25-19(5)17(3)16(2)18(4)20(25)6/h10-11,13,21,23-24H,7-9,12,14-15,26H2,1-6H3. The molecule has 3 atom stereocenters. The van der Waals surface area contributed by atoms with Gasteiger partial charge in [-0.2, -0.15) is 0 Å². The van der Waals surface area contributed by atoms with Gasteiger partial charge in [-0.1, -0.05) is 55.2 Å². The summed E-state index contributed by atoms with van der Waals surface area (Å²) in [5, 5.41) is 1.79. The lowest BCUT2D eigenvalue weighted by molar-refractivity contribution is 0.524. The van der Waals surface area contributed by atoms with E-state index in [1.807, 2.05) is 5.57 Å². The van der Waals surface area contributed by atoms with Crippen LogP contribution in [0.4, 0.5) is 0 Å². The summed E-state index contributed by atoms with van der Waals surface area (Å²) in [6, 6.07) is 0. The van der Waals surface area contributed by atoms with Crippen LogP contribution in [0.2, 0.25) is 5.54 Å². The predicted molar refractivity (Wildman–Crippen MR) is 120 cm³/mol. The van der Waals surface area contributed by atoms with E-state index in [1.165, 1.54) is 44.1 Å². The third kappa shape index (κ3) is 3.65. The van der Waals surface area contributed by atoms with Gasteiger partial charge in [-0.05, 0) is 99.1 Å². The highest BCUT2D eigenvalue weighted by atomic mass is 28.2. The summed E-state index contributed by atoms with van der Waals surface area (Å²) in [5.74, 6) is 1.74. The molecule has 0 spiro atoms. The molecule has 1 aromatic rings. The Morgan fingerprint density at radius 2 is 1.58 bits per heavy atom. The molecule has 142 valence electrons. The van der Waals surface area contributed by atoms with Crippen molar-refractivity contribution in [3.8, 4) is 0 Å². The van der Waals surface area contributed by atoms with Crippen LogP contribution < -0.4 is 5.19 Å². The Bertz CT molecular complexity index is 693. The molecule has 0 aliphatic heterocycles. The third-order valence-electron chi connectivity index (χ3n) is 7.64. The molecule has 0 aromatic heterocycles. The van der Waals surface area contributed by atoms with Gasteiger partial charge in [0.15, 0.2) is 0 Å². The zero-order valence-electron chi connectivity index (χ0n) is 17.9. The van der Waals surface area contributed by atoms with Crippen molar-refractivity contribution in [2.45, 2.75) is 85.6 Å². The number of benzene rings is 1. The first kappa shape index (κ1) is 19.7. The van der Waals surface area contributed by atoms with Gasteiger partial charge in [0.05, 0.1) is 9.52 Å². The van der Waals surface area contributed by atoms with Crippen LogP contribution in [-0.4, -0.2) is 9.52 Å². The van der Waals surface area contributed by atoms with Gasteiger partial charge in [0.1, 0.15) is 0 Å². The van der Waals surface area contributed by atoms with Crippen molar-refractivity contribution in [2.24, 2.45) is 11.8 Å². The lowest BCUT2D eigenvalue weighted by Crippen LogP contribution is -2.29. The molecule has 0 amide bonds. The van der Waals surface area contributed by atoms with Crippen molar-refractivity contribution in [1.29, 1.82) is 0 Å². The predicted octanol–water partition coefficient (Wildman–Crippen LogP) is 5.91. The van der Waals surface area contributed by atoms with Gasteiger partial charge < -0.3 is 0 Å². The Morgan fingerprint density at radius 3 is 2.23 bits per heavy atom. The Hall–Kier alpha value is -1.08. The van der Waals surface area contributed by atoms with E-state index < -0.39 is 0 Å². The molecule has 1 aromatic carbocycles. The average molecular weight is 367 g/mol. The van der Waals surface area contributed by atoms with Crippen LogP contribution in [0.5, 0.6) is 0 Å². The summed E-state index contributed by atoms with van der Waals surface area (Å²) in [6.07, 6.45) is 15.6. The van der Waals surface area contributed by atoms with Crippen LogP contribution in [0.25, 0.3) is 0 Å². The Labute approximate surface area is 164 Å². The van der Waals surface area contributed by atoms with Crippen LogP contribution in [0, 0.1) is 46.5 Å². The van der Waals surface area contributed by atoms with Gasteiger partial charge >= 0.3 is 0 Å². The van der Waals surface area contributed by atoms with Crippen molar-refractivity contribution < 1.29 is 0 Å². The van der Waals surface area contributed by atoms with Gasteiger partial charge in [-0.15, -0.1) is 0 Å². The van der Waals surface area contributed by atoms with Gasteiger partial charge in [0, 0.05) is 0 Å². The van der Waals surface area contributed by atoms with Gasteiger partial charge in [-0.3, -0.25) is 0 Å². The minimum absolute atomic E-state index is 0.256. The fourth-order valence-electron chi connectivity index (χ4n) is 5.54. The first-order valence-electron chi connectivity index (χ1n) is 10.9. The average Bonchev–Trinajstić information content (AvgIpc) is 3.00. The van der Waals surface area contributed by atoms with Crippen LogP contribution in [-0.2, 0) is 0 Å². The minimum atomic E-state index is -0.256. The molecular weight excluding hydrogens is 328 g/mol.